The van der Waals surface area contributed by atoms with E-state index in [0.717, 1.165) is 25.3 Å². The van der Waals surface area contributed by atoms with Crippen molar-refractivity contribution in [3.8, 4) is 0 Å². The summed E-state index contributed by atoms with van der Waals surface area (Å²) in [5.74, 6) is -0.535. The third-order valence-corrected chi connectivity index (χ3v) is 7.10. The fourth-order valence-corrected chi connectivity index (χ4v) is 6.07. The molecule has 1 heterocycles. The van der Waals surface area contributed by atoms with Gasteiger partial charge in [0.15, 0.2) is 4.90 Å². The highest BCUT2D eigenvalue weighted by Crippen LogP contribution is 2.44. The Labute approximate surface area is 146 Å². The number of hydrogen-bond acceptors (Lipinski definition) is 6. The maximum atomic E-state index is 13.3. The van der Waals surface area contributed by atoms with Gasteiger partial charge in [-0.2, -0.15) is 4.31 Å². The van der Waals surface area contributed by atoms with Crippen molar-refractivity contribution in [2.24, 2.45) is 5.92 Å². The van der Waals surface area contributed by atoms with E-state index < -0.39 is 32.6 Å². The lowest BCUT2D eigenvalue weighted by Crippen LogP contribution is -2.46. The molecule has 0 bridgehead atoms. The standard InChI is InChI=1S/C16H20N2O6S/c1-24-16(19)14-10-11-6-2-3-7-12(11)17(14)25(22,23)15-9-5-4-8-13(15)18(20)21/h4-5,8-9,11-12,14H,2-3,6-7,10H2,1H3/t11-,12+,14-/m0/s1. The Bertz CT molecular complexity index is 794. The van der Waals surface area contributed by atoms with Crippen LogP contribution in [0.4, 0.5) is 5.69 Å². The number of hydrogen-bond donors (Lipinski definition) is 0. The molecule has 136 valence electrons. The Morgan fingerprint density at radius 3 is 2.64 bits per heavy atom. The van der Waals surface area contributed by atoms with E-state index in [1.165, 1.54) is 29.6 Å². The summed E-state index contributed by atoms with van der Waals surface area (Å²) in [6, 6.07) is 4.00. The lowest BCUT2D eigenvalue weighted by molar-refractivity contribution is -0.387. The first-order valence-electron chi connectivity index (χ1n) is 8.22. The van der Waals surface area contributed by atoms with Gasteiger partial charge in [-0.15, -0.1) is 0 Å². The second kappa shape index (κ2) is 6.72. The molecule has 3 atom stereocenters. The summed E-state index contributed by atoms with van der Waals surface area (Å²) in [5.41, 5.74) is -0.481. The smallest absolute Gasteiger partial charge is 0.324 e. The molecule has 0 unspecified atom stereocenters. The lowest BCUT2D eigenvalue weighted by atomic mass is 9.85. The van der Waals surface area contributed by atoms with Crippen LogP contribution in [0.25, 0.3) is 0 Å². The highest BCUT2D eigenvalue weighted by molar-refractivity contribution is 7.89. The van der Waals surface area contributed by atoms with E-state index in [4.69, 9.17) is 4.74 Å². The lowest BCUT2D eigenvalue weighted by Gasteiger charge is -2.32. The summed E-state index contributed by atoms with van der Waals surface area (Å²) < 4.78 is 32.5. The minimum atomic E-state index is -4.20. The van der Waals surface area contributed by atoms with Crippen LogP contribution in [0.15, 0.2) is 29.2 Å². The van der Waals surface area contributed by atoms with Gasteiger partial charge in [-0.1, -0.05) is 25.0 Å². The van der Waals surface area contributed by atoms with Crippen LogP contribution in [-0.2, 0) is 19.6 Å². The van der Waals surface area contributed by atoms with Crippen molar-refractivity contribution in [3.05, 3.63) is 34.4 Å². The molecule has 0 spiro atoms. The van der Waals surface area contributed by atoms with E-state index in [-0.39, 0.29) is 16.9 Å². The summed E-state index contributed by atoms with van der Waals surface area (Å²) in [7, 11) is -2.98. The van der Waals surface area contributed by atoms with Gasteiger partial charge in [0, 0.05) is 12.1 Å². The number of fused-ring (bicyclic) bond motifs is 1. The Kier molecular flexibility index (Phi) is 4.79. The van der Waals surface area contributed by atoms with Crippen LogP contribution in [0, 0.1) is 16.0 Å². The molecular formula is C16H20N2O6S. The van der Waals surface area contributed by atoms with Crippen LogP contribution in [0.1, 0.15) is 32.1 Å². The van der Waals surface area contributed by atoms with Gasteiger partial charge in [0.2, 0.25) is 0 Å². The first kappa shape index (κ1) is 17.8. The molecule has 1 saturated carbocycles. The van der Waals surface area contributed by atoms with Gasteiger partial charge in [0.1, 0.15) is 6.04 Å². The molecule has 3 rings (SSSR count). The molecule has 1 aliphatic heterocycles. The van der Waals surface area contributed by atoms with E-state index in [1.54, 1.807) is 0 Å². The SMILES string of the molecule is COC(=O)[C@@H]1C[C@@H]2CCCC[C@H]2N1S(=O)(=O)c1ccccc1[N+](=O)[O-]. The van der Waals surface area contributed by atoms with E-state index in [1.807, 2.05) is 0 Å². The minimum absolute atomic E-state index is 0.0791. The summed E-state index contributed by atoms with van der Waals surface area (Å²) >= 11 is 0. The van der Waals surface area contributed by atoms with Crippen molar-refractivity contribution in [1.82, 2.24) is 4.31 Å². The molecule has 1 aromatic rings. The van der Waals surface area contributed by atoms with Gasteiger partial charge < -0.3 is 4.74 Å². The van der Waals surface area contributed by atoms with Crippen LogP contribution in [0.3, 0.4) is 0 Å². The molecule has 1 aliphatic carbocycles. The number of nitro groups is 1. The predicted molar refractivity (Wildman–Crippen MR) is 88.3 cm³/mol. The number of para-hydroxylation sites is 1. The first-order valence-corrected chi connectivity index (χ1v) is 9.66. The maximum absolute atomic E-state index is 13.3. The van der Waals surface area contributed by atoms with E-state index in [9.17, 15) is 23.3 Å². The van der Waals surface area contributed by atoms with Crippen molar-refractivity contribution in [3.63, 3.8) is 0 Å². The molecule has 25 heavy (non-hydrogen) atoms. The molecule has 1 saturated heterocycles. The molecule has 0 amide bonds. The van der Waals surface area contributed by atoms with Crippen molar-refractivity contribution in [2.75, 3.05) is 7.11 Å². The van der Waals surface area contributed by atoms with Crippen molar-refractivity contribution < 1.29 is 22.9 Å². The zero-order valence-corrected chi connectivity index (χ0v) is 14.6. The minimum Gasteiger partial charge on any atom is -0.468 e. The van der Waals surface area contributed by atoms with Crippen LogP contribution >= 0.6 is 0 Å². The first-order chi connectivity index (χ1) is 11.9. The Morgan fingerprint density at radius 2 is 1.96 bits per heavy atom. The van der Waals surface area contributed by atoms with Gasteiger partial charge in [-0.3, -0.25) is 14.9 Å². The molecule has 2 fully saturated rings. The number of ether oxygens (including phenoxy) is 1. The monoisotopic (exact) mass is 368 g/mol. The number of nitrogens with zero attached hydrogens (tertiary/aromatic N) is 2. The molecule has 9 heteroatoms. The average Bonchev–Trinajstić information content (AvgIpc) is 3.01. The molecule has 8 nitrogen and oxygen atoms in total. The third-order valence-electron chi connectivity index (χ3n) is 5.12. The van der Waals surface area contributed by atoms with Gasteiger partial charge in [0.25, 0.3) is 15.7 Å². The summed E-state index contributed by atoms with van der Waals surface area (Å²) in [6.45, 7) is 0. The van der Waals surface area contributed by atoms with Crippen LogP contribution in [-0.4, -0.2) is 42.8 Å². The largest absolute Gasteiger partial charge is 0.468 e. The highest BCUT2D eigenvalue weighted by Gasteiger charge is 2.52. The number of rotatable bonds is 4. The topological polar surface area (TPSA) is 107 Å². The number of esters is 1. The number of carbonyl (C=O) groups excluding carboxylic acids is 1. The Hall–Kier alpha value is -2.00. The summed E-state index contributed by atoms with van der Waals surface area (Å²) in [6.07, 6.45) is 3.77. The third kappa shape index (κ3) is 3.02. The zero-order chi connectivity index (χ0) is 18.2. The second-order valence-electron chi connectivity index (χ2n) is 6.45. The van der Waals surface area contributed by atoms with Gasteiger partial charge in [0.05, 0.1) is 12.0 Å². The Morgan fingerprint density at radius 1 is 1.28 bits per heavy atom. The number of sulfonamides is 1. The van der Waals surface area contributed by atoms with E-state index >= 15 is 0 Å². The van der Waals surface area contributed by atoms with Crippen LogP contribution in [0.2, 0.25) is 0 Å². The van der Waals surface area contributed by atoms with Gasteiger partial charge in [-0.25, -0.2) is 8.42 Å². The average molecular weight is 368 g/mol. The second-order valence-corrected chi connectivity index (χ2v) is 8.26. The predicted octanol–water partition coefficient (Wildman–Crippen LogP) is 2.09. The number of benzene rings is 1. The van der Waals surface area contributed by atoms with E-state index in [0.29, 0.717) is 12.8 Å². The molecule has 0 aromatic heterocycles. The molecule has 0 radical (unpaired) electrons. The van der Waals surface area contributed by atoms with Crippen LogP contribution < -0.4 is 0 Å². The van der Waals surface area contributed by atoms with Crippen molar-refractivity contribution in [1.29, 1.82) is 0 Å². The number of methoxy groups -OCH3 is 1. The summed E-state index contributed by atoms with van der Waals surface area (Å²) in [5, 5.41) is 11.3. The molecule has 2 aliphatic rings. The fraction of sp³-hybridized carbons (Fsp3) is 0.562. The fourth-order valence-electron chi connectivity index (χ4n) is 4.04. The quantitative estimate of drug-likeness (QED) is 0.457. The van der Waals surface area contributed by atoms with Gasteiger partial charge >= 0.3 is 5.97 Å². The molecular weight excluding hydrogens is 348 g/mol. The van der Waals surface area contributed by atoms with Crippen LogP contribution in [0.5, 0.6) is 0 Å². The van der Waals surface area contributed by atoms with Crippen molar-refractivity contribution in [2.45, 2.75) is 49.1 Å². The van der Waals surface area contributed by atoms with Gasteiger partial charge in [-0.05, 0) is 31.2 Å². The summed E-state index contributed by atoms with van der Waals surface area (Å²) in [4.78, 5) is 22.4. The number of carbonyl (C=O) groups is 1. The zero-order valence-electron chi connectivity index (χ0n) is 13.8. The number of nitro benzene ring substituents is 1. The van der Waals surface area contributed by atoms with E-state index in [2.05, 4.69) is 0 Å². The normalized spacial score (nSPS) is 26.8. The highest BCUT2D eigenvalue weighted by atomic mass is 32.2. The molecule has 1 aromatic carbocycles. The maximum Gasteiger partial charge on any atom is 0.324 e. The molecule has 0 N–H and O–H groups in total. The Balaban J connectivity index is 2.10. The van der Waals surface area contributed by atoms with Crippen molar-refractivity contribution >= 4 is 21.7 Å².